The quantitative estimate of drug-likeness (QED) is 0.0320. The molecule has 79 heavy (non-hydrogen) atoms. The summed E-state index contributed by atoms with van der Waals surface area (Å²) < 4.78 is 5.47. The molecule has 3 N–H and O–H groups in total. The van der Waals surface area contributed by atoms with Crippen molar-refractivity contribution in [2.24, 2.45) is 0 Å². The van der Waals surface area contributed by atoms with Crippen LogP contribution in [0.5, 0.6) is 0 Å². The monoisotopic (exact) mass is 1110 g/mol. The van der Waals surface area contributed by atoms with E-state index in [4.69, 9.17) is 4.74 Å². The summed E-state index contributed by atoms with van der Waals surface area (Å²) in [7, 11) is 0. The van der Waals surface area contributed by atoms with E-state index < -0.39 is 12.1 Å². The Morgan fingerprint density at radius 1 is 0.354 bits per heavy atom. The number of esters is 1. The molecule has 0 aliphatic rings. The second kappa shape index (κ2) is 68.1. The van der Waals surface area contributed by atoms with Crippen LogP contribution in [0.3, 0.4) is 0 Å². The maximum Gasteiger partial charge on any atom is 0.305 e. The summed E-state index contributed by atoms with van der Waals surface area (Å²) in [6.45, 7) is 4.87. The molecule has 2 unspecified atom stereocenters. The van der Waals surface area contributed by atoms with E-state index in [-0.39, 0.29) is 18.5 Å². The Morgan fingerprint density at radius 3 is 1.00 bits per heavy atom. The Morgan fingerprint density at radius 2 is 0.646 bits per heavy atom. The van der Waals surface area contributed by atoms with Crippen molar-refractivity contribution in [2.75, 3.05) is 13.2 Å². The minimum atomic E-state index is -0.851. The maximum absolute atomic E-state index is 12.5. The van der Waals surface area contributed by atoms with Gasteiger partial charge < -0.3 is 20.3 Å². The second-order valence-electron chi connectivity index (χ2n) is 23.9. The van der Waals surface area contributed by atoms with Crippen LogP contribution in [0.15, 0.2) is 60.8 Å². The first-order valence-corrected chi connectivity index (χ1v) is 35.1. The van der Waals surface area contributed by atoms with E-state index in [0.29, 0.717) is 19.4 Å². The number of ether oxygens (including phenoxy) is 1. The topological polar surface area (TPSA) is 95.9 Å². The van der Waals surface area contributed by atoms with Crippen molar-refractivity contribution in [3.63, 3.8) is 0 Å². The van der Waals surface area contributed by atoms with E-state index in [1.165, 1.54) is 283 Å². The molecule has 0 bridgehead atoms. The lowest BCUT2D eigenvalue weighted by atomic mass is 10.0. The predicted octanol–water partition coefficient (Wildman–Crippen LogP) is 22.6. The van der Waals surface area contributed by atoms with Gasteiger partial charge in [0.05, 0.1) is 25.4 Å². The summed E-state index contributed by atoms with van der Waals surface area (Å²) in [4.78, 5) is 24.6. The van der Waals surface area contributed by atoms with Crippen molar-refractivity contribution in [1.29, 1.82) is 0 Å². The van der Waals surface area contributed by atoms with Crippen molar-refractivity contribution in [1.82, 2.24) is 5.32 Å². The number of aliphatic hydroxyl groups is 2. The predicted molar refractivity (Wildman–Crippen MR) is 347 cm³/mol. The van der Waals surface area contributed by atoms with Crippen molar-refractivity contribution < 1.29 is 24.5 Å². The number of amides is 1. The second-order valence-corrected chi connectivity index (χ2v) is 23.9. The molecule has 1 amide bonds. The Hall–Kier alpha value is -2.44. The van der Waals surface area contributed by atoms with E-state index in [0.717, 1.165) is 57.8 Å². The number of aliphatic hydroxyl groups excluding tert-OH is 2. The minimum absolute atomic E-state index is 0.00623. The summed E-state index contributed by atoms with van der Waals surface area (Å²) in [5.74, 6) is -0.0778. The van der Waals surface area contributed by atoms with Gasteiger partial charge in [-0.1, -0.05) is 325 Å². The largest absolute Gasteiger partial charge is 0.466 e. The third-order valence-electron chi connectivity index (χ3n) is 16.0. The highest BCUT2D eigenvalue weighted by Gasteiger charge is 2.18. The van der Waals surface area contributed by atoms with E-state index >= 15 is 0 Å². The fourth-order valence-corrected chi connectivity index (χ4v) is 10.6. The molecule has 0 aliphatic heterocycles. The average Bonchev–Trinajstić information content (AvgIpc) is 3.45. The lowest BCUT2D eigenvalue weighted by Crippen LogP contribution is -2.45. The Balaban J connectivity index is 3.47. The van der Waals surface area contributed by atoms with E-state index in [9.17, 15) is 19.8 Å². The number of carbonyl (C=O) groups excluding carboxylic acids is 2. The Labute approximate surface area is 492 Å². The molecule has 6 nitrogen and oxygen atoms in total. The molecule has 0 aromatic heterocycles. The first-order chi connectivity index (χ1) is 39.0. The van der Waals surface area contributed by atoms with E-state index in [2.05, 4.69) is 67.8 Å². The number of allylic oxidation sites excluding steroid dienone is 9. The lowest BCUT2D eigenvalue weighted by molar-refractivity contribution is -0.143. The Kier molecular flexibility index (Phi) is 66.0. The van der Waals surface area contributed by atoms with Gasteiger partial charge in [0.2, 0.25) is 5.91 Å². The third-order valence-corrected chi connectivity index (χ3v) is 16.0. The highest BCUT2D eigenvalue weighted by atomic mass is 16.5. The first kappa shape index (κ1) is 76.6. The third kappa shape index (κ3) is 64.6. The molecule has 2 atom stereocenters. The molecule has 462 valence electrons. The van der Waals surface area contributed by atoms with Crippen LogP contribution in [0, 0.1) is 0 Å². The van der Waals surface area contributed by atoms with Gasteiger partial charge in [0.1, 0.15) is 0 Å². The number of rotatable bonds is 65. The van der Waals surface area contributed by atoms with Gasteiger partial charge in [-0.05, 0) is 89.9 Å². The number of hydrogen-bond acceptors (Lipinski definition) is 5. The van der Waals surface area contributed by atoms with E-state index in [1.807, 2.05) is 6.08 Å². The average molecular weight is 1110 g/mol. The van der Waals surface area contributed by atoms with Gasteiger partial charge in [-0.2, -0.15) is 0 Å². The smallest absolute Gasteiger partial charge is 0.305 e. The summed E-state index contributed by atoms with van der Waals surface area (Å²) in [6.07, 6.45) is 90.0. The summed E-state index contributed by atoms with van der Waals surface area (Å²) in [5.41, 5.74) is 0. The normalized spacial score (nSPS) is 12.9. The number of nitrogens with one attached hydrogen (secondary N) is 1. The van der Waals surface area contributed by atoms with Crippen molar-refractivity contribution in [2.45, 2.75) is 379 Å². The number of carbonyl (C=O) groups is 2. The van der Waals surface area contributed by atoms with Crippen LogP contribution in [0.2, 0.25) is 0 Å². The molecular weight excluding hydrogens is 971 g/mol. The molecule has 0 fully saturated rings. The molecule has 0 aliphatic carbocycles. The molecule has 0 saturated heterocycles. The van der Waals surface area contributed by atoms with Gasteiger partial charge >= 0.3 is 5.97 Å². The highest BCUT2D eigenvalue weighted by Crippen LogP contribution is 2.18. The lowest BCUT2D eigenvalue weighted by Gasteiger charge is -2.20. The zero-order chi connectivity index (χ0) is 57.1. The van der Waals surface area contributed by atoms with Crippen molar-refractivity contribution in [3.8, 4) is 0 Å². The molecular formula is C73H135NO5. The van der Waals surface area contributed by atoms with Gasteiger partial charge in [-0.25, -0.2) is 0 Å². The van der Waals surface area contributed by atoms with E-state index in [1.54, 1.807) is 6.08 Å². The van der Waals surface area contributed by atoms with Gasteiger partial charge in [0.25, 0.3) is 0 Å². The zero-order valence-corrected chi connectivity index (χ0v) is 52.9. The summed E-state index contributed by atoms with van der Waals surface area (Å²) >= 11 is 0. The van der Waals surface area contributed by atoms with Gasteiger partial charge in [-0.15, -0.1) is 0 Å². The van der Waals surface area contributed by atoms with Crippen molar-refractivity contribution >= 4 is 11.9 Å². The van der Waals surface area contributed by atoms with Crippen LogP contribution in [-0.4, -0.2) is 47.4 Å². The molecule has 0 saturated carbocycles. The summed E-state index contributed by atoms with van der Waals surface area (Å²) in [5, 5.41) is 23.3. The van der Waals surface area contributed by atoms with Crippen LogP contribution in [0.4, 0.5) is 0 Å². The molecule has 0 spiro atoms. The SMILES string of the molecule is CCCC/C=C\C/C=C\CCCCCCCC(=O)OCCCCCCCCCCC/C=C\C/C=C\CCCCCCCCCCCC(=O)NC(CO)C(O)/C=C/CCCCCCCCCCCCCCCCCCCCCCC. The fraction of sp³-hybridized carbons (Fsp3) is 0.836. The number of unbranched alkanes of at least 4 members (excludes halogenated alkanes) is 46. The standard InChI is InChI=1S/C73H135NO5/c1-3-5-7-9-11-13-15-17-19-20-21-22-26-29-32-35-38-41-45-49-53-57-61-65-71(76)70(69-75)74-72(77)66-62-58-54-50-46-42-39-36-33-30-27-24-23-25-28-31-34-37-40-44-48-52-56-60-64-68-79-73(78)67-63-59-55-51-47-43-18-16-14-12-10-8-6-4-2/h10,12,16,18,24-25,27-28,61,65,70-71,75-76H,3-9,11,13-15,17,19-23,26,29-60,62-64,66-69H2,1-2H3,(H,74,77)/b12-10-,18-16-,27-24-,28-25-,65-61+. The fourth-order valence-electron chi connectivity index (χ4n) is 10.6. The Bertz CT molecular complexity index is 1370. The van der Waals surface area contributed by atoms with Gasteiger partial charge in [0.15, 0.2) is 0 Å². The molecule has 0 heterocycles. The maximum atomic E-state index is 12.5. The zero-order valence-electron chi connectivity index (χ0n) is 52.9. The van der Waals surface area contributed by atoms with Crippen LogP contribution >= 0.6 is 0 Å². The van der Waals surface area contributed by atoms with Gasteiger partial charge in [0, 0.05) is 12.8 Å². The van der Waals surface area contributed by atoms with Crippen LogP contribution in [0.1, 0.15) is 367 Å². The molecule has 0 rings (SSSR count). The van der Waals surface area contributed by atoms with Crippen LogP contribution in [-0.2, 0) is 14.3 Å². The minimum Gasteiger partial charge on any atom is -0.466 e. The molecule has 0 radical (unpaired) electrons. The van der Waals surface area contributed by atoms with Crippen molar-refractivity contribution in [3.05, 3.63) is 60.8 Å². The molecule has 0 aromatic carbocycles. The van der Waals surface area contributed by atoms with Crippen LogP contribution < -0.4 is 5.32 Å². The molecule has 6 heteroatoms. The number of hydrogen-bond donors (Lipinski definition) is 3. The first-order valence-electron chi connectivity index (χ1n) is 35.1. The van der Waals surface area contributed by atoms with Crippen LogP contribution in [0.25, 0.3) is 0 Å². The summed E-state index contributed by atoms with van der Waals surface area (Å²) in [6, 6.07) is -0.635. The van der Waals surface area contributed by atoms with Gasteiger partial charge in [-0.3, -0.25) is 9.59 Å². The molecule has 0 aromatic rings. The highest BCUT2D eigenvalue weighted by molar-refractivity contribution is 5.76.